The number of unbranched alkanes of at least 4 members (excludes halogenated alkanes) is 15. The van der Waals surface area contributed by atoms with Crippen LogP contribution in [0, 0.1) is 23.7 Å². The van der Waals surface area contributed by atoms with Crippen molar-refractivity contribution < 1.29 is 53.2 Å². The van der Waals surface area contributed by atoms with E-state index < -0.39 is 47.7 Å². The molecule has 2 N–H and O–H groups in total. The van der Waals surface area contributed by atoms with Crippen molar-refractivity contribution in [2.45, 2.75) is 199 Å². The summed E-state index contributed by atoms with van der Waals surface area (Å²) in [6.45, 7) is 4.35. The summed E-state index contributed by atoms with van der Waals surface area (Å²) in [4.78, 5) is 72.3. The van der Waals surface area contributed by atoms with E-state index >= 15 is 0 Å². The second kappa shape index (κ2) is 29.8. The van der Waals surface area contributed by atoms with Crippen LogP contribution in [0.5, 0.6) is 0 Å². The van der Waals surface area contributed by atoms with Gasteiger partial charge in [-0.25, -0.2) is 0 Å². The summed E-state index contributed by atoms with van der Waals surface area (Å²) in [5, 5.41) is 17.9. The van der Waals surface area contributed by atoms with E-state index in [2.05, 4.69) is 38.2 Å². The van der Waals surface area contributed by atoms with Crippen molar-refractivity contribution in [1.82, 2.24) is 0 Å². The standard InChI is InChI=1S/C45H72O11/c1-3-5-7-9-15-21-27-37(31-35(39-33-43(51)56-45(39)53)25-19-14-11-17-23-29-41(48)49)54-36(26-20-12-8-6-4-2)30-34(38-32-42(50)55-44(38)52)24-18-13-10-16-22-28-40(46)47/h20-21,26-27,34-39H,3-19,22-25,28-33H2,1-2H3,(H,46,47)(H,48,49)/b26-20+,27-21+. The van der Waals surface area contributed by atoms with Crippen LogP contribution >= 0.6 is 0 Å². The Hall–Kier alpha value is -3.34. The van der Waals surface area contributed by atoms with Crippen molar-refractivity contribution in [2.75, 3.05) is 0 Å². The van der Waals surface area contributed by atoms with Crippen LogP contribution in [0.15, 0.2) is 24.3 Å². The zero-order chi connectivity index (χ0) is 41.0. The first-order chi connectivity index (χ1) is 27.0. The molecule has 0 aliphatic carbocycles. The smallest absolute Gasteiger partial charge is 0.317 e. The number of rotatable bonds is 35. The molecule has 6 atom stereocenters. The lowest BCUT2D eigenvalue weighted by atomic mass is 9.81. The van der Waals surface area contributed by atoms with Gasteiger partial charge in [-0.3, -0.25) is 28.8 Å². The Morgan fingerprint density at radius 2 is 0.964 bits per heavy atom. The summed E-state index contributed by atoms with van der Waals surface area (Å²) in [6.07, 6.45) is 28.3. The van der Waals surface area contributed by atoms with Gasteiger partial charge in [-0.05, 0) is 76.0 Å². The summed E-state index contributed by atoms with van der Waals surface area (Å²) in [6, 6.07) is 0. The van der Waals surface area contributed by atoms with Gasteiger partial charge in [-0.2, -0.15) is 0 Å². The average Bonchev–Trinajstić information content (AvgIpc) is 3.67. The molecule has 0 aromatic carbocycles. The van der Waals surface area contributed by atoms with Crippen LogP contribution in [0.4, 0.5) is 0 Å². The van der Waals surface area contributed by atoms with Crippen LogP contribution in [0.1, 0.15) is 187 Å². The van der Waals surface area contributed by atoms with Gasteiger partial charge in [0, 0.05) is 12.8 Å². The maximum Gasteiger partial charge on any atom is 0.317 e. The number of carboxylic acids is 2. The number of esters is 4. The molecule has 2 saturated heterocycles. The average molecular weight is 789 g/mol. The molecule has 318 valence electrons. The van der Waals surface area contributed by atoms with Crippen LogP contribution in [-0.4, -0.2) is 58.2 Å². The summed E-state index contributed by atoms with van der Waals surface area (Å²) in [7, 11) is 0. The fourth-order valence-electron chi connectivity index (χ4n) is 7.97. The molecular weight excluding hydrogens is 716 g/mol. The van der Waals surface area contributed by atoms with Crippen molar-refractivity contribution in [3.8, 4) is 0 Å². The Morgan fingerprint density at radius 1 is 0.589 bits per heavy atom. The van der Waals surface area contributed by atoms with Crippen molar-refractivity contribution in [3.63, 3.8) is 0 Å². The van der Waals surface area contributed by atoms with Gasteiger partial charge in [0.2, 0.25) is 0 Å². The second-order valence-corrected chi connectivity index (χ2v) is 16.0. The third-order valence-electron chi connectivity index (χ3n) is 11.2. The van der Waals surface area contributed by atoms with Gasteiger partial charge in [0.25, 0.3) is 0 Å². The molecule has 2 rings (SSSR count). The highest BCUT2D eigenvalue weighted by Gasteiger charge is 2.41. The van der Waals surface area contributed by atoms with Gasteiger partial charge in [-0.15, -0.1) is 0 Å². The van der Waals surface area contributed by atoms with E-state index in [4.69, 9.17) is 24.4 Å². The highest BCUT2D eigenvalue weighted by molar-refractivity contribution is 5.95. The van der Waals surface area contributed by atoms with Crippen LogP contribution in [-0.2, 0) is 43.0 Å². The molecule has 0 bridgehead atoms. The molecule has 56 heavy (non-hydrogen) atoms. The van der Waals surface area contributed by atoms with Gasteiger partial charge in [0.15, 0.2) is 0 Å². The molecule has 0 spiro atoms. The van der Waals surface area contributed by atoms with Crippen molar-refractivity contribution in [1.29, 1.82) is 0 Å². The lowest BCUT2D eigenvalue weighted by Crippen LogP contribution is -2.30. The molecular formula is C45H72O11. The fourth-order valence-corrected chi connectivity index (χ4v) is 7.97. The zero-order valence-electron chi connectivity index (χ0n) is 34.4. The van der Waals surface area contributed by atoms with Gasteiger partial charge >= 0.3 is 35.8 Å². The molecule has 0 saturated carbocycles. The highest BCUT2D eigenvalue weighted by atomic mass is 16.6. The van der Waals surface area contributed by atoms with E-state index in [0.29, 0.717) is 38.5 Å². The third-order valence-corrected chi connectivity index (χ3v) is 11.2. The number of allylic oxidation sites excluding steroid dienone is 2. The number of aliphatic carboxylic acids is 2. The van der Waals surface area contributed by atoms with Crippen LogP contribution in [0.25, 0.3) is 0 Å². The molecule has 11 heteroatoms. The molecule has 0 aromatic heterocycles. The molecule has 0 amide bonds. The van der Waals surface area contributed by atoms with Gasteiger partial charge in [0.05, 0.1) is 36.9 Å². The molecule has 0 aromatic rings. The number of cyclic esters (lactones) is 4. The predicted octanol–water partition coefficient (Wildman–Crippen LogP) is 10.2. The molecule has 2 fully saturated rings. The van der Waals surface area contributed by atoms with Crippen molar-refractivity contribution >= 4 is 35.8 Å². The minimum atomic E-state index is -0.791. The summed E-state index contributed by atoms with van der Waals surface area (Å²) < 4.78 is 17.0. The summed E-state index contributed by atoms with van der Waals surface area (Å²) in [5.41, 5.74) is 0. The van der Waals surface area contributed by atoms with Crippen LogP contribution in [0.3, 0.4) is 0 Å². The predicted molar refractivity (Wildman–Crippen MR) is 214 cm³/mol. The number of carbonyl (C=O) groups is 6. The fraction of sp³-hybridized carbons (Fsp3) is 0.778. The number of hydrogen-bond donors (Lipinski definition) is 2. The maximum absolute atomic E-state index is 13.0. The highest BCUT2D eigenvalue weighted by Crippen LogP contribution is 2.36. The van der Waals surface area contributed by atoms with E-state index in [1.165, 1.54) is 6.42 Å². The Bertz CT molecular complexity index is 1240. The number of hydrogen-bond acceptors (Lipinski definition) is 9. The normalized spacial score (nSPS) is 19.5. The van der Waals surface area contributed by atoms with Crippen LogP contribution in [0.2, 0.25) is 0 Å². The number of ether oxygens (including phenoxy) is 3. The van der Waals surface area contributed by atoms with Crippen LogP contribution < -0.4 is 0 Å². The Labute approximate surface area is 335 Å². The SMILES string of the molecule is CCCCC/C=C/C(CC(CCCCCCCC(=O)O)C1CC(=O)OC1=O)OC(/C=C/CCCCCC)CC(CCCCCCCC(=O)O)C1CC(=O)OC1=O. The lowest BCUT2D eigenvalue weighted by Gasteiger charge is -2.30. The van der Waals surface area contributed by atoms with Crippen molar-refractivity contribution in [2.24, 2.45) is 23.7 Å². The minimum Gasteiger partial charge on any atom is -0.481 e. The van der Waals surface area contributed by atoms with E-state index in [1.807, 2.05) is 0 Å². The first kappa shape index (κ1) is 48.8. The maximum atomic E-state index is 13.0. The molecule has 0 radical (unpaired) electrons. The lowest BCUT2D eigenvalue weighted by molar-refractivity contribution is -0.155. The van der Waals surface area contributed by atoms with Gasteiger partial charge in [0.1, 0.15) is 0 Å². The largest absolute Gasteiger partial charge is 0.481 e. The van der Waals surface area contributed by atoms with Crippen molar-refractivity contribution in [3.05, 3.63) is 24.3 Å². The third kappa shape index (κ3) is 21.8. The number of carboxylic acid groups (broad SMARTS) is 2. The summed E-state index contributed by atoms with van der Waals surface area (Å²) >= 11 is 0. The Morgan fingerprint density at radius 3 is 1.36 bits per heavy atom. The topological polar surface area (TPSA) is 171 Å². The quantitative estimate of drug-likeness (QED) is 0.0271. The minimum absolute atomic E-state index is 0.0480. The molecule has 11 nitrogen and oxygen atoms in total. The molecule has 2 aliphatic rings. The first-order valence-corrected chi connectivity index (χ1v) is 21.9. The van der Waals surface area contributed by atoms with E-state index in [9.17, 15) is 28.8 Å². The van der Waals surface area contributed by atoms with Gasteiger partial charge < -0.3 is 24.4 Å². The van der Waals surface area contributed by atoms with E-state index in [1.54, 1.807) is 0 Å². The van der Waals surface area contributed by atoms with Gasteiger partial charge in [-0.1, -0.05) is 122 Å². The molecule has 2 heterocycles. The second-order valence-electron chi connectivity index (χ2n) is 16.0. The Kier molecular flexibility index (Phi) is 26.0. The van der Waals surface area contributed by atoms with E-state index in [0.717, 1.165) is 103 Å². The monoisotopic (exact) mass is 789 g/mol. The molecule has 2 aliphatic heterocycles. The Balaban J connectivity index is 2.32. The zero-order valence-corrected chi connectivity index (χ0v) is 34.4. The van der Waals surface area contributed by atoms with E-state index in [-0.39, 0.29) is 49.7 Å². The first-order valence-electron chi connectivity index (χ1n) is 21.9. The molecule has 6 unspecified atom stereocenters. The summed E-state index contributed by atoms with van der Waals surface area (Å²) in [5.74, 6) is -4.97. The number of carbonyl (C=O) groups excluding carboxylic acids is 4.